The molecule has 0 saturated carbocycles. The van der Waals surface area contributed by atoms with Crippen LogP contribution in [0.5, 0.6) is 5.75 Å². The quantitative estimate of drug-likeness (QED) is 0.215. The van der Waals surface area contributed by atoms with E-state index in [1.807, 2.05) is 30.3 Å². The molecule has 13 heteroatoms. The number of benzene rings is 2. The van der Waals surface area contributed by atoms with E-state index in [1.165, 1.54) is 17.0 Å². The van der Waals surface area contributed by atoms with Gasteiger partial charge < -0.3 is 37.5 Å². The fourth-order valence-electron chi connectivity index (χ4n) is 4.02. The molecule has 10 nitrogen and oxygen atoms in total. The van der Waals surface area contributed by atoms with Crippen LogP contribution in [0.4, 0.5) is 13.2 Å². The Labute approximate surface area is 231 Å². The van der Waals surface area contributed by atoms with Gasteiger partial charge in [0.2, 0.25) is 17.7 Å². The van der Waals surface area contributed by atoms with E-state index in [0.29, 0.717) is 17.5 Å². The highest BCUT2D eigenvalue weighted by atomic mass is 19.4. The highest BCUT2D eigenvalue weighted by molar-refractivity contribution is 5.92. The highest BCUT2D eigenvalue weighted by Gasteiger charge is 2.31. The molecule has 8 N–H and O–H groups in total. The van der Waals surface area contributed by atoms with E-state index in [9.17, 15) is 27.6 Å². The van der Waals surface area contributed by atoms with E-state index in [0.717, 1.165) is 5.56 Å². The second-order valence-corrected chi connectivity index (χ2v) is 9.27. The molecule has 220 valence electrons. The SMILES string of the molecule is Cc1cc(CNC(=O)C(CCc2ccccc2)NC(=O)C(N)CC(=O)N(CCN)CCN)cc(OC(F)(F)F)c1. The lowest BCUT2D eigenvalue weighted by Crippen LogP contribution is -2.53. The lowest BCUT2D eigenvalue weighted by atomic mass is 10.0. The van der Waals surface area contributed by atoms with Crippen molar-refractivity contribution in [1.82, 2.24) is 15.5 Å². The Morgan fingerprint density at radius 2 is 1.62 bits per heavy atom. The first-order valence-electron chi connectivity index (χ1n) is 12.8. The van der Waals surface area contributed by atoms with Crippen LogP contribution in [-0.4, -0.2) is 67.2 Å². The average molecular weight is 567 g/mol. The van der Waals surface area contributed by atoms with Gasteiger partial charge in [-0.1, -0.05) is 36.4 Å². The van der Waals surface area contributed by atoms with Crippen LogP contribution < -0.4 is 32.6 Å². The van der Waals surface area contributed by atoms with Gasteiger partial charge in [-0.2, -0.15) is 0 Å². The van der Waals surface area contributed by atoms with E-state index in [2.05, 4.69) is 15.4 Å². The molecule has 0 heterocycles. The summed E-state index contributed by atoms with van der Waals surface area (Å²) in [5.74, 6) is -2.05. The lowest BCUT2D eigenvalue weighted by molar-refractivity contribution is -0.274. The Hall–Kier alpha value is -3.68. The largest absolute Gasteiger partial charge is 0.573 e. The molecular formula is C27H37F3N6O4. The summed E-state index contributed by atoms with van der Waals surface area (Å²) in [5, 5.41) is 5.27. The number of aryl methyl sites for hydroxylation is 2. The molecule has 0 aromatic heterocycles. The maximum absolute atomic E-state index is 13.1. The van der Waals surface area contributed by atoms with E-state index in [1.54, 1.807) is 13.0 Å². The third kappa shape index (κ3) is 11.6. The minimum atomic E-state index is -4.85. The second-order valence-electron chi connectivity index (χ2n) is 9.27. The summed E-state index contributed by atoms with van der Waals surface area (Å²) in [7, 11) is 0. The van der Waals surface area contributed by atoms with Gasteiger partial charge in [0, 0.05) is 32.7 Å². The van der Waals surface area contributed by atoms with Gasteiger partial charge in [-0.25, -0.2) is 0 Å². The van der Waals surface area contributed by atoms with Gasteiger partial charge in [-0.15, -0.1) is 13.2 Å². The number of nitrogens with zero attached hydrogens (tertiary/aromatic N) is 1. The molecule has 0 aliphatic carbocycles. The zero-order valence-corrected chi connectivity index (χ0v) is 22.4. The van der Waals surface area contributed by atoms with Gasteiger partial charge in [-0.3, -0.25) is 14.4 Å². The number of alkyl halides is 3. The van der Waals surface area contributed by atoms with Crippen LogP contribution in [0.1, 0.15) is 29.5 Å². The van der Waals surface area contributed by atoms with E-state index in [4.69, 9.17) is 17.2 Å². The zero-order chi connectivity index (χ0) is 29.7. The normalized spacial score (nSPS) is 12.8. The van der Waals surface area contributed by atoms with Crippen LogP contribution in [0, 0.1) is 6.92 Å². The smallest absolute Gasteiger partial charge is 0.406 e. The average Bonchev–Trinajstić information content (AvgIpc) is 2.88. The van der Waals surface area contributed by atoms with Crippen LogP contribution in [0.2, 0.25) is 0 Å². The molecule has 0 saturated heterocycles. The first-order chi connectivity index (χ1) is 18.9. The van der Waals surface area contributed by atoms with Crippen LogP contribution in [0.3, 0.4) is 0 Å². The van der Waals surface area contributed by atoms with Crippen molar-refractivity contribution in [2.24, 2.45) is 17.2 Å². The molecular weight excluding hydrogens is 529 g/mol. The molecule has 0 aliphatic rings. The molecule has 40 heavy (non-hydrogen) atoms. The monoisotopic (exact) mass is 566 g/mol. The van der Waals surface area contributed by atoms with Gasteiger partial charge in [0.15, 0.2) is 0 Å². The summed E-state index contributed by atoms with van der Waals surface area (Å²) in [6, 6.07) is 11.1. The van der Waals surface area contributed by atoms with Crippen molar-refractivity contribution in [2.75, 3.05) is 26.2 Å². The minimum Gasteiger partial charge on any atom is -0.406 e. The van der Waals surface area contributed by atoms with E-state index >= 15 is 0 Å². The topological polar surface area (TPSA) is 166 Å². The molecule has 0 spiro atoms. The van der Waals surface area contributed by atoms with Gasteiger partial charge in [0.05, 0.1) is 12.5 Å². The molecule has 2 atom stereocenters. The molecule has 2 aromatic rings. The molecule has 2 aromatic carbocycles. The summed E-state index contributed by atoms with van der Waals surface area (Å²) >= 11 is 0. The predicted octanol–water partition coefficient (Wildman–Crippen LogP) is 1.09. The second kappa shape index (κ2) is 15.8. The number of amides is 3. The summed E-state index contributed by atoms with van der Waals surface area (Å²) in [5.41, 5.74) is 18.9. The van der Waals surface area contributed by atoms with Crippen molar-refractivity contribution in [3.8, 4) is 5.75 Å². The number of ether oxygens (including phenoxy) is 1. The first kappa shape index (κ1) is 32.5. The van der Waals surface area contributed by atoms with Gasteiger partial charge in [0.1, 0.15) is 11.8 Å². The lowest BCUT2D eigenvalue weighted by Gasteiger charge is -2.24. The fraction of sp³-hybridized carbons (Fsp3) is 0.444. The van der Waals surface area contributed by atoms with Crippen molar-refractivity contribution < 1.29 is 32.3 Å². The summed E-state index contributed by atoms with van der Waals surface area (Å²) < 4.78 is 42.0. The minimum absolute atomic E-state index is 0.107. The fourth-order valence-corrected chi connectivity index (χ4v) is 4.02. The number of halogens is 3. The maximum atomic E-state index is 13.1. The first-order valence-corrected chi connectivity index (χ1v) is 12.8. The van der Waals surface area contributed by atoms with Crippen LogP contribution in [0.25, 0.3) is 0 Å². The number of carbonyl (C=O) groups excluding carboxylic acids is 3. The molecule has 3 amide bonds. The van der Waals surface area contributed by atoms with E-state index < -0.39 is 36.0 Å². The Morgan fingerprint density at radius 1 is 0.975 bits per heavy atom. The van der Waals surface area contributed by atoms with Gasteiger partial charge in [0.25, 0.3) is 0 Å². The number of hydrogen-bond donors (Lipinski definition) is 5. The number of nitrogens with two attached hydrogens (primary N) is 3. The number of rotatable bonds is 15. The van der Waals surface area contributed by atoms with Crippen LogP contribution in [-0.2, 0) is 27.3 Å². The Kier molecular flexibility index (Phi) is 12.8. The third-order valence-corrected chi connectivity index (χ3v) is 5.89. The summed E-state index contributed by atoms with van der Waals surface area (Å²) in [6.45, 7) is 2.47. The van der Waals surface area contributed by atoms with Gasteiger partial charge >= 0.3 is 6.36 Å². The Bertz CT molecular complexity index is 1110. The third-order valence-electron chi connectivity index (χ3n) is 5.89. The van der Waals surface area contributed by atoms with Gasteiger partial charge in [-0.05, 0) is 48.6 Å². The van der Waals surface area contributed by atoms with Crippen molar-refractivity contribution in [2.45, 2.75) is 51.2 Å². The maximum Gasteiger partial charge on any atom is 0.573 e. The van der Waals surface area contributed by atoms with Crippen molar-refractivity contribution in [3.63, 3.8) is 0 Å². The van der Waals surface area contributed by atoms with Crippen LogP contribution >= 0.6 is 0 Å². The summed E-state index contributed by atoms with van der Waals surface area (Å²) in [4.78, 5) is 40.0. The molecule has 2 rings (SSSR count). The Balaban J connectivity index is 2.10. The number of carbonyl (C=O) groups is 3. The van der Waals surface area contributed by atoms with Crippen molar-refractivity contribution >= 4 is 17.7 Å². The number of nitrogens with one attached hydrogen (secondary N) is 2. The molecule has 0 aliphatic heterocycles. The molecule has 0 fully saturated rings. The standard InChI is InChI=1S/C27H37F3N6O4/c1-18-13-20(15-21(14-18)40-27(28,29)30)17-34-26(39)23(8-7-19-5-3-2-4-6-19)35-25(38)22(33)16-24(37)36(11-9-31)12-10-32/h2-6,13-15,22-23H,7-12,16-17,31-33H2,1H3,(H,34,39)(H,35,38). The number of hydrogen-bond acceptors (Lipinski definition) is 7. The van der Waals surface area contributed by atoms with Crippen LogP contribution in [0.15, 0.2) is 48.5 Å². The van der Waals surface area contributed by atoms with Crippen molar-refractivity contribution in [3.05, 3.63) is 65.2 Å². The predicted molar refractivity (Wildman–Crippen MR) is 144 cm³/mol. The van der Waals surface area contributed by atoms with E-state index in [-0.39, 0.29) is 51.5 Å². The zero-order valence-electron chi connectivity index (χ0n) is 22.4. The molecule has 2 unspecified atom stereocenters. The highest BCUT2D eigenvalue weighted by Crippen LogP contribution is 2.25. The molecule has 0 radical (unpaired) electrons. The van der Waals surface area contributed by atoms with Crippen molar-refractivity contribution in [1.29, 1.82) is 0 Å². The Morgan fingerprint density at radius 3 is 2.23 bits per heavy atom. The molecule has 0 bridgehead atoms. The summed E-state index contributed by atoms with van der Waals surface area (Å²) in [6.07, 6.45) is -4.50.